The van der Waals surface area contributed by atoms with Gasteiger partial charge in [0.05, 0.1) is 0 Å². The van der Waals surface area contributed by atoms with Crippen LogP contribution < -0.4 is 4.90 Å². The third kappa shape index (κ3) is 3.22. The lowest BCUT2D eigenvalue weighted by Crippen LogP contribution is -2.36. The van der Waals surface area contributed by atoms with Gasteiger partial charge in [-0.1, -0.05) is 29.3 Å². The van der Waals surface area contributed by atoms with Crippen LogP contribution in [-0.4, -0.2) is 23.1 Å². The zero-order valence-corrected chi connectivity index (χ0v) is 12.9. The van der Waals surface area contributed by atoms with Crippen LogP contribution in [-0.2, 0) is 5.33 Å². The molecule has 0 unspecified atom stereocenters. The Morgan fingerprint density at radius 1 is 1.22 bits per heavy atom. The van der Waals surface area contributed by atoms with E-state index in [4.69, 9.17) is 0 Å². The molecule has 18 heavy (non-hydrogen) atoms. The van der Waals surface area contributed by atoms with Gasteiger partial charge in [0.1, 0.15) is 0 Å². The molecule has 0 aliphatic heterocycles. The first-order chi connectivity index (χ1) is 8.74. The van der Waals surface area contributed by atoms with Gasteiger partial charge in [0.15, 0.2) is 0 Å². The molecule has 3 nitrogen and oxygen atoms in total. The Balaban J connectivity index is 1.96. The molecule has 4 heteroatoms. The van der Waals surface area contributed by atoms with Crippen LogP contribution in [0.1, 0.15) is 44.6 Å². The summed E-state index contributed by atoms with van der Waals surface area (Å²) in [5, 5.41) is 0.818. The molecule has 2 rings (SSSR count). The highest BCUT2D eigenvalue weighted by Crippen LogP contribution is 2.30. The number of alkyl halides is 1. The van der Waals surface area contributed by atoms with Gasteiger partial charge in [-0.05, 0) is 37.2 Å². The molecule has 1 aromatic rings. The molecule has 0 atom stereocenters. The average Bonchev–Trinajstić information content (AvgIpc) is 2.47. The van der Waals surface area contributed by atoms with E-state index in [1.54, 1.807) is 0 Å². The van der Waals surface area contributed by atoms with Crippen molar-refractivity contribution in [2.24, 2.45) is 5.92 Å². The largest absolute Gasteiger partial charge is 0.341 e. The van der Waals surface area contributed by atoms with Crippen molar-refractivity contribution in [3.8, 4) is 0 Å². The number of halogens is 1. The van der Waals surface area contributed by atoms with Gasteiger partial charge in [-0.2, -0.15) is 0 Å². The van der Waals surface area contributed by atoms with E-state index < -0.39 is 0 Å². The van der Waals surface area contributed by atoms with Crippen LogP contribution in [0.3, 0.4) is 0 Å². The Hall–Kier alpha value is -0.640. The molecule has 0 spiro atoms. The lowest BCUT2D eigenvalue weighted by atomic mass is 9.84. The number of rotatable bonds is 4. The van der Waals surface area contributed by atoms with E-state index in [1.807, 2.05) is 12.4 Å². The van der Waals surface area contributed by atoms with Crippen molar-refractivity contribution < 1.29 is 0 Å². The molecular formula is C14H22BrN3. The first kappa shape index (κ1) is 13.8. The summed E-state index contributed by atoms with van der Waals surface area (Å²) in [7, 11) is 2.13. The summed E-state index contributed by atoms with van der Waals surface area (Å²) in [6.45, 7) is 2.30. The molecule has 0 bridgehead atoms. The lowest BCUT2D eigenvalue weighted by Gasteiger charge is -2.34. The van der Waals surface area contributed by atoms with Crippen LogP contribution in [0.5, 0.6) is 0 Å². The van der Waals surface area contributed by atoms with Crippen molar-refractivity contribution in [2.45, 2.75) is 50.4 Å². The highest BCUT2D eigenvalue weighted by atomic mass is 79.9. The third-order valence-corrected chi connectivity index (χ3v) is 4.75. The van der Waals surface area contributed by atoms with E-state index in [-0.39, 0.29) is 0 Å². The van der Waals surface area contributed by atoms with Gasteiger partial charge in [0.25, 0.3) is 0 Å². The van der Waals surface area contributed by atoms with Crippen molar-refractivity contribution >= 4 is 21.9 Å². The number of hydrogen-bond donors (Lipinski definition) is 0. The monoisotopic (exact) mass is 311 g/mol. The maximum absolute atomic E-state index is 4.45. The quantitative estimate of drug-likeness (QED) is 0.792. The highest BCUT2D eigenvalue weighted by molar-refractivity contribution is 9.08. The van der Waals surface area contributed by atoms with E-state index >= 15 is 0 Å². The minimum atomic E-state index is 0.614. The van der Waals surface area contributed by atoms with Crippen LogP contribution >= 0.6 is 15.9 Å². The predicted octanol–water partition coefficient (Wildman–Crippen LogP) is 3.78. The first-order valence-corrected chi connectivity index (χ1v) is 7.96. The molecule has 0 saturated heterocycles. The van der Waals surface area contributed by atoms with Crippen LogP contribution in [0, 0.1) is 5.92 Å². The molecule has 1 heterocycles. The SMILES string of the molecule is CCC1CCC(N(C)c2ncc(CBr)cn2)CC1. The van der Waals surface area contributed by atoms with Gasteiger partial charge in [-0.25, -0.2) is 9.97 Å². The summed E-state index contributed by atoms with van der Waals surface area (Å²) in [4.78, 5) is 11.2. The van der Waals surface area contributed by atoms with Crippen LogP contribution in [0.4, 0.5) is 5.95 Å². The fourth-order valence-electron chi connectivity index (χ4n) is 2.70. The van der Waals surface area contributed by atoms with E-state index in [2.05, 4.69) is 44.8 Å². The summed E-state index contributed by atoms with van der Waals surface area (Å²) in [5.74, 6) is 1.80. The zero-order valence-electron chi connectivity index (χ0n) is 11.3. The highest BCUT2D eigenvalue weighted by Gasteiger charge is 2.24. The van der Waals surface area contributed by atoms with Gasteiger partial charge >= 0.3 is 0 Å². The molecule has 1 aliphatic rings. The van der Waals surface area contributed by atoms with Gasteiger partial charge in [0, 0.05) is 30.8 Å². The van der Waals surface area contributed by atoms with Gasteiger partial charge < -0.3 is 4.90 Å². The normalized spacial score (nSPS) is 23.9. The zero-order chi connectivity index (χ0) is 13.0. The summed E-state index contributed by atoms with van der Waals surface area (Å²) in [6, 6.07) is 0.614. The standard InChI is InChI=1S/C14H22BrN3/c1-3-11-4-6-13(7-5-11)18(2)14-16-9-12(8-15)10-17-14/h9-11,13H,3-8H2,1-2H3. The van der Waals surface area contributed by atoms with Gasteiger partial charge in [0.2, 0.25) is 5.95 Å². The van der Waals surface area contributed by atoms with Crippen LogP contribution in [0.15, 0.2) is 12.4 Å². The third-order valence-electron chi connectivity index (χ3n) is 4.10. The molecule has 1 fully saturated rings. The second-order valence-corrected chi connectivity index (χ2v) is 5.78. The van der Waals surface area contributed by atoms with E-state index in [0.29, 0.717) is 6.04 Å². The van der Waals surface area contributed by atoms with Gasteiger partial charge in [-0.3, -0.25) is 0 Å². The number of hydrogen-bond acceptors (Lipinski definition) is 3. The van der Waals surface area contributed by atoms with Crippen LogP contribution in [0.25, 0.3) is 0 Å². The lowest BCUT2D eigenvalue weighted by molar-refractivity contribution is 0.312. The number of nitrogens with zero attached hydrogens (tertiary/aromatic N) is 3. The Kier molecular flexibility index (Phi) is 4.98. The molecule has 0 aromatic carbocycles. The molecule has 0 N–H and O–H groups in total. The maximum Gasteiger partial charge on any atom is 0.225 e. The van der Waals surface area contributed by atoms with Crippen LogP contribution in [0.2, 0.25) is 0 Å². The molecule has 1 aliphatic carbocycles. The van der Waals surface area contributed by atoms with Crippen molar-refractivity contribution in [1.82, 2.24) is 9.97 Å². The van der Waals surface area contributed by atoms with Crippen molar-refractivity contribution in [3.63, 3.8) is 0 Å². The van der Waals surface area contributed by atoms with Crippen molar-refractivity contribution in [3.05, 3.63) is 18.0 Å². The summed E-state index contributed by atoms with van der Waals surface area (Å²) in [6.07, 6.45) is 10.4. The number of aromatic nitrogens is 2. The Bertz CT molecular complexity index is 358. The second kappa shape index (κ2) is 6.50. The molecule has 1 saturated carbocycles. The summed E-state index contributed by atoms with van der Waals surface area (Å²) >= 11 is 3.42. The molecular weight excluding hydrogens is 290 g/mol. The maximum atomic E-state index is 4.45. The van der Waals surface area contributed by atoms with Crippen molar-refractivity contribution in [2.75, 3.05) is 11.9 Å². The first-order valence-electron chi connectivity index (χ1n) is 6.84. The second-order valence-electron chi connectivity index (χ2n) is 5.22. The van der Waals surface area contributed by atoms with E-state index in [9.17, 15) is 0 Å². The Labute approximate surface area is 118 Å². The fraction of sp³-hybridized carbons (Fsp3) is 0.714. The number of anilines is 1. The van der Waals surface area contributed by atoms with Gasteiger partial charge in [-0.15, -0.1) is 0 Å². The summed E-state index contributed by atoms with van der Waals surface area (Å²) in [5.41, 5.74) is 1.13. The Morgan fingerprint density at radius 2 is 1.83 bits per heavy atom. The van der Waals surface area contributed by atoms with E-state index in [1.165, 1.54) is 32.1 Å². The molecule has 0 radical (unpaired) electrons. The topological polar surface area (TPSA) is 29.0 Å². The summed E-state index contributed by atoms with van der Waals surface area (Å²) < 4.78 is 0. The fourth-order valence-corrected chi connectivity index (χ4v) is 2.99. The Morgan fingerprint density at radius 3 is 2.33 bits per heavy atom. The molecule has 0 amide bonds. The minimum Gasteiger partial charge on any atom is -0.341 e. The van der Waals surface area contributed by atoms with Crippen molar-refractivity contribution in [1.29, 1.82) is 0 Å². The van der Waals surface area contributed by atoms with E-state index in [0.717, 1.165) is 22.8 Å². The smallest absolute Gasteiger partial charge is 0.225 e. The predicted molar refractivity (Wildman–Crippen MR) is 79.1 cm³/mol. The molecule has 1 aromatic heterocycles. The molecule has 100 valence electrons. The minimum absolute atomic E-state index is 0.614. The average molecular weight is 312 g/mol.